The molecule has 174 valence electrons. The Bertz CT molecular complexity index is 950. The summed E-state index contributed by atoms with van der Waals surface area (Å²) >= 11 is 1.30. The first-order valence-corrected chi connectivity index (χ1v) is 11.5. The standard InChI is InChI=1S/C23H27F3N2O3S/c24-23(25,26)16-5-6-20-18(15-16)22(31,17-3-1-2-4-19(17)32-20)21(30)7-8-27-9-11-28(12-10-27)13-14-29/h1-6,15,21,29-31H,7-14H2/t21-,22-/m0/s1. The van der Waals surface area contributed by atoms with Gasteiger partial charge in [0, 0.05) is 60.2 Å². The molecular weight excluding hydrogens is 441 g/mol. The van der Waals surface area contributed by atoms with Gasteiger partial charge < -0.3 is 20.2 Å². The van der Waals surface area contributed by atoms with Crippen LogP contribution in [0.3, 0.4) is 0 Å². The minimum Gasteiger partial charge on any atom is -0.395 e. The number of hydrogen-bond acceptors (Lipinski definition) is 6. The highest BCUT2D eigenvalue weighted by Gasteiger charge is 2.46. The Kier molecular flexibility index (Phi) is 6.86. The van der Waals surface area contributed by atoms with Gasteiger partial charge in [0.1, 0.15) is 5.60 Å². The van der Waals surface area contributed by atoms with Crippen LogP contribution in [0.25, 0.3) is 0 Å². The van der Waals surface area contributed by atoms with Crippen LogP contribution in [0.15, 0.2) is 52.3 Å². The topological polar surface area (TPSA) is 67.2 Å². The van der Waals surface area contributed by atoms with Crippen molar-refractivity contribution in [2.45, 2.75) is 34.1 Å². The molecule has 0 amide bonds. The van der Waals surface area contributed by atoms with E-state index < -0.39 is 23.4 Å². The maximum Gasteiger partial charge on any atom is 0.416 e. The number of aliphatic hydroxyl groups is 3. The lowest BCUT2D eigenvalue weighted by Gasteiger charge is -2.41. The Morgan fingerprint density at radius 1 is 0.938 bits per heavy atom. The highest BCUT2D eigenvalue weighted by Crippen LogP contribution is 2.51. The third-order valence-electron chi connectivity index (χ3n) is 6.32. The van der Waals surface area contributed by atoms with Crippen molar-refractivity contribution in [3.05, 3.63) is 59.2 Å². The second-order valence-electron chi connectivity index (χ2n) is 8.28. The van der Waals surface area contributed by atoms with Gasteiger partial charge in [-0.15, -0.1) is 0 Å². The zero-order valence-electron chi connectivity index (χ0n) is 17.6. The second-order valence-corrected chi connectivity index (χ2v) is 9.37. The number of rotatable bonds is 6. The quantitative estimate of drug-likeness (QED) is 0.606. The first-order valence-electron chi connectivity index (χ1n) is 10.7. The molecule has 0 radical (unpaired) electrons. The molecule has 2 aromatic carbocycles. The maximum absolute atomic E-state index is 13.4. The Balaban J connectivity index is 1.59. The van der Waals surface area contributed by atoms with Gasteiger partial charge in [-0.3, -0.25) is 4.90 Å². The molecule has 0 aliphatic carbocycles. The van der Waals surface area contributed by atoms with E-state index in [1.165, 1.54) is 17.8 Å². The fourth-order valence-electron chi connectivity index (χ4n) is 4.48. The van der Waals surface area contributed by atoms with Crippen LogP contribution < -0.4 is 0 Å². The second kappa shape index (κ2) is 9.32. The summed E-state index contributed by atoms with van der Waals surface area (Å²) < 4.78 is 40.2. The summed E-state index contributed by atoms with van der Waals surface area (Å²) in [5.41, 5.74) is -2.26. The summed E-state index contributed by atoms with van der Waals surface area (Å²) in [4.78, 5) is 5.55. The summed E-state index contributed by atoms with van der Waals surface area (Å²) in [5, 5.41) is 32.0. The first-order chi connectivity index (χ1) is 15.2. The Labute approximate surface area is 189 Å². The van der Waals surface area contributed by atoms with Crippen molar-refractivity contribution in [3.63, 3.8) is 0 Å². The molecule has 3 N–H and O–H groups in total. The lowest BCUT2D eigenvalue weighted by molar-refractivity contribution is -0.138. The van der Waals surface area contributed by atoms with E-state index in [2.05, 4.69) is 9.80 Å². The zero-order chi connectivity index (χ0) is 22.9. The van der Waals surface area contributed by atoms with Crippen molar-refractivity contribution in [2.24, 2.45) is 0 Å². The molecule has 2 heterocycles. The van der Waals surface area contributed by atoms with Crippen LogP contribution >= 0.6 is 11.8 Å². The van der Waals surface area contributed by atoms with Crippen LogP contribution in [0.5, 0.6) is 0 Å². The number of fused-ring (bicyclic) bond motifs is 2. The number of halogens is 3. The molecule has 0 unspecified atom stereocenters. The molecule has 2 aliphatic rings. The first kappa shape index (κ1) is 23.5. The Morgan fingerprint density at radius 3 is 2.22 bits per heavy atom. The van der Waals surface area contributed by atoms with E-state index in [-0.39, 0.29) is 18.6 Å². The van der Waals surface area contributed by atoms with Gasteiger partial charge in [-0.1, -0.05) is 30.0 Å². The van der Waals surface area contributed by atoms with E-state index in [9.17, 15) is 23.4 Å². The van der Waals surface area contributed by atoms with Crippen LogP contribution in [-0.4, -0.2) is 77.1 Å². The van der Waals surface area contributed by atoms with Gasteiger partial charge in [0.15, 0.2) is 0 Å². The van der Waals surface area contributed by atoms with Crippen molar-refractivity contribution in [3.8, 4) is 0 Å². The van der Waals surface area contributed by atoms with E-state index in [4.69, 9.17) is 5.11 Å². The number of β-amino-alcohol motifs (C(OH)–C–C–N with tert-alkyl or cyclic N) is 1. The Morgan fingerprint density at radius 2 is 1.56 bits per heavy atom. The van der Waals surface area contributed by atoms with Crippen LogP contribution in [0.2, 0.25) is 0 Å². The molecule has 2 aromatic rings. The van der Waals surface area contributed by atoms with Crippen molar-refractivity contribution in [1.29, 1.82) is 0 Å². The van der Waals surface area contributed by atoms with E-state index in [0.717, 1.165) is 43.2 Å². The summed E-state index contributed by atoms with van der Waals surface area (Å²) in [6.45, 7) is 4.40. The minimum atomic E-state index is -4.54. The molecular formula is C23H27F3N2O3S. The van der Waals surface area contributed by atoms with Crippen molar-refractivity contribution < 1.29 is 28.5 Å². The zero-order valence-corrected chi connectivity index (χ0v) is 18.4. The van der Waals surface area contributed by atoms with Gasteiger partial charge in [0.25, 0.3) is 0 Å². The number of alkyl halides is 3. The molecule has 32 heavy (non-hydrogen) atoms. The highest BCUT2D eigenvalue weighted by molar-refractivity contribution is 7.99. The fourth-order valence-corrected chi connectivity index (χ4v) is 5.66. The number of aliphatic hydroxyl groups excluding tert-OH is 2. The van der Waals surface area contributed by atoms with Crippen LogP contribution in [0, 0.1) is 0 Å². The molecule has 0 spiro atoms. The third-order valence-corrected chi connectivity index (χ3v) is 7.47. The number of hydrogen-bond donors (Lipinski definition) is 3. The number of piperazine rings is 1. The van der Waals surface area contributed by atoms with Crippen molar-refractivity contribution >= 4 is 11.8 Å². The fraction of sp³-hybridized carbons (Fsp3) is 0.478. The summed E-state index contributed by atoms with van der Waals surface area (Å²) in [7, 11) is 0. The summed E-state index contributed by atoms with van der Waals surface area (Å²) in [5.74, 6) is 0. The minimum absolute atomic E-state index is 0.0938. The van der Waals surface area contributed by atoms with Gasteiger partial charge >= 0.3 is 6.18 Å². The average molecular weight is 469 g/mol. The largest absolute Gasteiger partial charge is 0.416 e. The van der Waals surface area contributed by atoms with Crippen LogP contribution in [0.1, 0.15) is 23.1 Å². The van der Waals surface area contributed by atoms with E-state index in [1.807, 2.05) is 0 Å². The molecule has 2 atom stereocenters. The molecule has 0 saturated carbocycles. The third kappa shape index (κ3) is 4.55. The van der Waals surface area contributed by atoms with Crippen LogP contribution in [-0.2, 0) is 11.8 Å². The number of nitrogens with zero attached hydrogens (tertiary/aromatic N) is 2. The van der Waals surface area contributed by atoms with E-state index >= 15 is 0 Å². The molecule has 2 aliphatic heterocycles. The van der Waals surface area contributed by atoms with Gasteiger partial charge in [-0.25, -0.2) is 0 Å². The van der Waals surface area contributed by atoms with Gasteiger partial charge in [0.2, 0.25) is 0 Å². The SMILES string of the molecule is OCCN1CCN(CC[C@H](O)[C@]2(O)c3ccccc3Sc3ccc(C(F)(F)F)cc32)CC1. The van der Waals surface area contributed by atoms with Crippen molar-refractivity contribution in [1.82, 2.24) is 9.80 Å². The molecule has 0 aromatic heterocycles. The molecule has 1 saturated heterocycles. The highest BCUT2D eigenvalue weighted by atomic mass is 32.2. The lowest BCUT2D eigenvalue weighted by atomic mass is 9.79. The van der Waals surface area contributed by atoms with Crippen molar-refractivity contribution in [2.75, 3.05) is 45.9 Å². The summed E-state index contributed by atoms with van der Waals surface area (Å²) in [6, 6.07) is 10.3. The normalized spacial score (nSPS) is 22.9. The molecule has 5 nitrogen and oxygen atoms in total. The number of benzene rings is 2. The smallest absolute Gasteiger partial charge is 0.395 e. The average Bonchev–Trinajstić information content (AvgIpc) is 2.78. The monoisotopic (exact) mass is 468 g/mol. The Hall–Kier alpha value is -1.62. The summed E-state index contributed by atoms with van der Waals surface area (Å²) in [6.07, 6.45) is -5.61. The maximum atomic E-state index is 13.4. The van der Waals surface area contributed by atoms with Gasteiger partial charge in [-0.2, -0.15) is 13.2 Å². The van der Waals surface area contributed by atoms with E-state index in [0.29, 0.717) is 23.5 Å². The molecule has 1 fully saturated rings. The molecule has 0 bridgehead atoms. The van der Waals surface area contributed by atoms with Crippen LogP contribution in [0.4, 0.5) is 13.2 Å². The van der Waals surface area contributed by atoms with Gasteiger partial charge in [-0.05, 0) is 30.7 Å². The van der Waals surface area contributed by atoms with Gasteiger partial charge in [0.05, 0.1) is 18.3 Å². The molecule has 4 rings (SSSR count). The lowest BCUT2D eigenvalue weighted by Crippen LogP contribution is -2.49. The predicted octanol–water partition coefficient (Wildman–Crippen LogP) is 2.77. The predicted molar refractivity (Wildman–Crippen MR) is 116 cm³/mol. The molecule has 9 heteroatoms. The van der Waals surface area contributed by atoms with E-state index in [1.54, 1.807) is 24.3 Å².